The number of aromatic nitrogens is 2. The maximum Gasteiger partial charge on any atom is 0.295 e. The highest BCUT2D eigenvalue weighted by molar-refractivity contribution is 5.99. The first kappa shape index (κ1) is 18.1. The van der Waals surface area contributed by atoms with Gasteiger partial charge in [-0.1, -0.05) is 18.2 Å². The van der Waals surface area contributed by atoms with Crippen LogP contribution in [0.1, 0.15) is 16.1 Å². The van der Waals surface area contributed by atoms with Gasteiger partial charge in [0.2, 0.25) is 0 Å². The van der Waals surface area contributed by atoms with E-state index in [0.29, 0.717) is 16.9 Å². The van der Waals surface area contributed by atoms with Gasteiger partial charge >= 0.3 is 0 Å². The predicted octanol–water partition coefficient (Wildman–Crippen LogP) is 2.69. The molecule has 0 fully saturated rings. The molecule has 3 aromatic rings. The number of carbonyl (C=O) groups is 1. The summed E-state index contributed by atoms with van der Waals surface area (Å²) >= 11 is 0. The van der Waals surface area contributed by atoms with Gasteiger partial charge in [-0.2, -0.15) is 0 Å². The van der Waals surface area contributed by atoms with Crippen molar-refractivity contribution in [3.05, 3.63) is 86.3 Å². The molecule has 1 heterocycles. The van der Waals surface area contributed by atoms with Gasteiger partial charge in [0.1, 0.15) is 5.69 Å². The van der Waals surface area contributed by atoms with Crippen LogP contribution in [0.15, 0.2) is 59.4 Å². The summed E-state index contributed by atoms with van der Waals surface area (Å²) in [4.78, 5) is 35.3. The number of non-ortho nitro benzene ring substituents is 1. The molecule has 8 nitrogen and oxygen atoms in total. The maximum absolute atomic E-state index is 12.8. The minimum atomic E-state index is -0.522. The number of para-hydroxylation sites is 1. The fourth-order valence-electron chi connectivity index (χ4n) is 2.81. The van der Waals surface area contributed by atoms with Gasteiger partial charge in [0.05, 0.1) is 22.8 Å². The maximum atomic E-state index is 12.8. The van der Waals surface area contributed by atoms with Crippen LogP contribution in [-0.4, -0.2) is 26.6 Å². The second-order valence-electron chi connectivity index (χ2n) is 6.02. The van der Waals surface area contributed by atoms with Crippen LogP contribution in [-0.2, 0) is 7.05 Å². The Bertz CT molecular complexity index is 1050. The molecule has 2 aromatic carbocycles. The average molecular weight is 366 g/mol. The van der Waals surface area contributed by atoms with Crippen molar-refractivity contribution in [1.29, 1.82) is 0 Å². The van der Waals surface area contributed by atoms with Crippen LogP contribution in [0.25, 0.3) is 5.69 Å². The number of nitro groups is 1. The minimum absolute atomic E-state index is 0.0795. The molecule has 27 heavy (non-hydrogen) atoms. The van der Waals surface area contributed by atoms with Gasteiger partial charge in [-0.05, 0) is 31.2 Å². The van der Waals surface area contributed by atoms with Crippen LogP contribution in [0.2, 0.25) is 0 Å². The molecule has 0 radical (unpaired) electrons. The Morgan fingerprint density at radius 1 is 1.11 bits per heavy atom. The van der Waals surface area contributed by atoms with Gasteiger partial charge in [0.25, 0.3) is 11.2 Å². The molecular weight excluding hydrogens is 348 g/mol. The predicted molar refractivity (Wildman–Crippen MR) is 102 cm³/mol. The van der Waals surface area contributed by atoms with Crippen molar-refractivity contribution < 1.29 is 9.72 Å². The highest BCUT2D eigenvalue weighted by Gasteiger charge is 2.17. The summed E-state index contributed by atoms with van der Waals surface area (Å²) < 4.78 is 3.24. The summed E-state index contributed by atoms with van der Waals surface area (Å²) in [5.41, 5.74) is 1.77. The van der Waals surface area contributed by atoms with Crippen molar-refractivity contribution in [2.24, 2.45) is 7.05 Å². The Hall–Kier alpha value is -3.68. The fraction of sp³-hybridized carbons (Fsp3) is 0.158. The van der Waals surface area contributed by atoms with Gasteiger partial charge in [0, 0.05) is 24.7 Å². The topological polar surface area (TPSA) is 99.2 Å². The normalized spacial score (nSPS) is 10.6. The Morgan fingerprint density at radius 2 is 1.74 bits per heavy atom. The van der Waals surface area contributed by atoms with E-state index in [2.05, 4.69) is 5.32 Å². The third-order valence-corrected chi connectivity index (χ3v) is 4.38. The summed E-state index contributed by atoms with van der Waals surface area (Å²) in [5, 5.41) is 13.6. The number of hydrogen-bond donors (Lipinski definition) is 1. The zero-order valence-corrected chi connectivity index (χ0v) is 14.9. The first-order chi connectivity index (χ1) is 12.9. The number of Topliss-reactive ketones (excluding diaryl/α,β-unsaturated/α-hetero) is 1. The largest absolute Gasteiger partial charge is 0.372 e. The molecular formula is C19H18N4O4. The van der Waals surface area contributed by atoms with Crippen molar-refractivity contribution >= 4 is 17.2 Å². The summed E-state index contributed by atoms with van der Waals surface area (Å²) in [6, 6.07) is 14.6. The van der Waals surface area contributed by atoms with Crippen LogP contribution < -0.4 is 10.9 Å². The third-order valence-electron chi connectivity index (χ3n) is 4.38. The molecule has 0 saturated carbocycles. The number of hydrogen-bond acceptors (Lipinski definition) is 5. The van der Waals surface area contributed by atoms with E-state index in [1.54, 1.807) is 18.7 Å². The van der Waals surface area contributed by atoms with E-state index in [4.69, 9.17) is 0 Å². The number of nitro benzene ring substituents is 1. The summed E-state index contributed by atoms with van der Waals surface area (Å²) in [7, 11) is 1.77. The van der Waals surface area contributed by atoms with E-state index in [-0.39, 0.29) is 23.6 Å². The molecule has 0 unspecified atom stereocenters. The Labute approximate surface area is 154 Å². The van der Waals surface area contributed by atoms with Gasteiger partial charge < -0.3 is 5.32 Å². The van der Waals surface area contributed by atoms with E-state index in [9.17, 15) is 19.7 Å². The second-order valence-corrected chi connectivity index (χ2v) is 6.02. The SMILES string of the molecule is Cc1c(NCC(=O)c2ccc([N+](=O)[O-])cc2)c(=O)n(-c2ccccc2)n1C. The second kappa shape index (κ2) is 7.28. The lowest BCUT2D eigenvalue weighted by molar-refractivity contribution is -0.384. The zero-order chi connectivity index (χ0) is 19.6. The van der Waals surface area contributed by atoms with E-state index in [1.807, 2.05) is 30.3 Å². The van der Waals surface area contributed by atoms with Gasteiger partial charge in [-0.15, -0.1) is 0 Å². The van der Waals surface area contributed by atoms with Crippen LogP contribution >= 0.6 is 0 Å². The molecule has 0 spiro atoms. The van der Waals surface area contributed by atoms with Crippen LogP contribution in [0, 0.1) is 17.0 Å². The van der Waals surface area contributed by atoms with Gasteiger partial charge in [0.15, 0.2) is 5.78 Å². The molecule has 0 aliphatic carbocycles. The minimum Gasteiger partial charge on any atom is -0.372 e. The Morgan fingerprint density at radius 3 is 2.33 bits per heavy atom. The average Bonchev–Trinajstić information content (AvgIpc) is 2.89. The number of benzene rings is 2. The number of nitrogens with one attached hydrogen (secondary N) is 1. The number of nitrogens with zero attached hydrogens (tertiary/aromatic N) is 3. The molecule has 138 valence electrons. The molecule has 0 aliphatic heterocycles. The molecule has 0 atom stereocenters. The smallest absolute Gasteiger partial charge is 0.295 e. The quantitative estimate of drug-likeness (QED) is 0.411. The Kier molecular flexibility index (Phi) is 4.89. The molecule has 0 amide bonds. The number of ketones is 1. The lowest BCUT2D eigenvalue weighted by Crippen LogP contribution is -2.22. The van der Waals surface area contributed by atoms with Crippen molar-refractivity contribution in [2.75, 3.05) is 11.9 Å². The highest BCUT2D eigenvalue weighted by Crippen LogP contribution is 2.15. The van der Waals surface area contributed by atoms with E-state index in [1.165, 1.54) is 28.9 Å². The number of carbonyl (C=O) groups excluding carboxylic acids is 1. The molecule has 8 heteroatoms. The van der Waals surface area contributed by atoms with E-state index < -0.39 is 4.92 Å². The summed E-state index contributed by atoms with van der Waals surface area (Å²) in [6.45, 7) is 1.70. The first-order valence-electron chi connectivity index (χ1n) is 8.25. The third kappa shape index (κ3) is 3.50. The monoisotopic (exact) mass is 366 g/mol. The first-order valence-corrected chi connectivity index (χ1v) is 8.25. The van der Waals surface area contributed by atoms with Crippen LogP contribution in [0.4, 0.5) is 11.4 Å². The lowest BCUT2D eigenvalue weighted by Gasteiger charge is -2.07. The Balaban J connectivity index is 1.81. The highest BCUT2D eigenvalue weighted by atomic mass is 16.6. The van der Waals surface area contributed by atoms with E-state index in [0.717, 1.165) is 5.69 Å². The zero-order valence-electron chi connectivity index (χ0n) is 14.9. The molecule has 1 aromatic heterocycles. The molecule has 0 saturated heterocycles. The molecule has 0 bridgehead atoms. The van der Waals surface area contributed by atoms with Crippen molar-refractivity contribution in [1.82, 2.24) is 9.36 Å². The number of anilines is 1. The van der Waals surface area contributed by atoms with Crippen molar-refractivity contribution in [3.63, 3.8) is 0 Å². The molecule has 0 aliphatic rings. The van der Waals surface area contributed by atoms with Gasteiger partial charge in [-0.25, -0.2) is 4.68 Å². The molecule has 3 rings (SSSR count). The standard InChI is InChI=1S/C19H18N4O4/c1-13-18(19(25)22(21(13)2)15-6-4-3-5-7-15)20-12-17(24)14-8-10-16(11-9-14)23(26)27/h3-11,20H,12H2,1-2H3. The van der Waals surface area contributed by atoms with Crippen molar-refractivity contribution in [3.8, 4) is 5.69 Å². The van der Waals surface area contributed by atoms with E-state index >= 15 is 0 Å². The van der Waals surface area contributed by atoms with Crippen LogP contribution in [0.5, 0.6) is 0 Å². The molecule has 1 N–H and O–H groups in total. The lowest BCUT2D eigenvalue weighted by atomic mass is 10.1. The summed E-state index contributed by atoms with van der Waals surface area (Å²) in [5.74, 6) is -0.265. The number of rotatable bonds is 6. The van der Waals surface area contributed by atoms with Crippen LogP contribution in [0.3, 0.4) is 0 Å². The fourth-order valence-corrected chi connectivity index (χ4v) is 2.81. The van der Waals surface area contributed by atoms with Crippen molar-refractivity contribution in [2.45, 2.75) is 6.92 Å². The summed E-state index contributed by atoms with van der Waals surface area (Å²) in [6.07, 6.45) is 0. The van der Waals surface area contributed by atoms with Gasteiger partial charge in [-0.3, -0.25) is 24.4 Å².